The van der Waals surface area contributed by atoms with Crippen molar-refractivity contribution in [2.45, 2.75) is 13.8 Å². The molecule has 3 N–H and O–H groups in total. The van der Waals surface area contributed by atoms with Crippen LogP contribution in [0.2, 0.25) is 5.02 Å². The van der Waals surface area contributed by atoms with E-state index in [9.17, 15) is 9.59 Å². The highest BCUT2D eigenvalue weighted by Gasteiger charge is 2.11. The van der Waals surface area contributed by atoms with Crippen LogP contribution in [0.25, 0.3) is 0 Å². The Kier molecular flexibility index (Phi) is 7.15. The van der Waals surface area contributed by atoms with Gasteiger partial charge in [0.05, 0.1) is 12.1 Å². The van der Waals surface area contributed by atoms with Gasteiger partial charge in [-0.15, -0.1) is 0 Å². The predicted octanol–water partition coefficient (Wildman–Crippen LogP) is 4.07. The third-order valence-electron chi connectivity index (χ3n) is 3.55. The fraction of sp³-hybridized carbons (Fsp3) is 0.211. The molecule has 0 saturated carbocycles. The molecule has 0 unspecified atom stereocenters. The zero-order valence-electron chi connectivity index (χ0n) is 15.1. The summed E-state index contributed by atoms with van der Waals surface area (Å²) in [6.07, 6.45) is 0. The van der Waals surface area contributed by atoms with E-state index in [0.29, 0.717) is 27.7 Å². The molecule has 0 radical (unpaired) electrons. The molecule has 2 aromatic rings. The smallest absolute Gasteiger partial charge is 0.257 e. The summed E-state index contributed by atoms with van der Waals surface area (Å²) in [5.41, 5.74) is 1.62. The molecule has 6 nitrogen and oxygen atoms in total. The van der Waals surface area contributed by atoms with Gasteiger partial charge in [-0.05, 0) is 48.6 Å². The number of ether oxygens (including phenoxy) is 1. The number of hydrogen-bond donors (Lipinski definition) is 3. The maximum absolute atomic E-state index is 12.3. The molecule has 0 fully saturated rings. The molecule has 2 amide bonds. The number of amides is 2. The molecule has 0 bridgehead atoms. The van der Waals surface area contributed by atoms with Crippen molar-refractivity contribution in [3.05, 3.63) is 53.1 Å². The number of nitrogens with one attached hydrogen (secondary N) is 3. The van der Waals surface area contributed by atoms with Gasteiger partial charge in [0.1, 0.15) is 5.75 Å². The molecule has 0 aliphatic carbocycles. The molecular weight excluding hydrogens is 386 g/mol. The van der Waals surface area contributed by atoms with Crippen LogP contribution in [-0.4, -0.2) is 24.0 Å². The van der Waals surface area contributed by atoms with Crippen LogP contribution in [0, 0.1) is 5.92 Å². The largest absolute Gasteiger partial charge is 0.495 e. The Balaban J connectivity index is 2.00. The Labute approximate surface area is 168 Å². The maximum atomic E-state index is 12.3. The fourth-order valence-electron chi connectivity index (χ4n) is 2.11. The minimum atomic E-state index is -0.402. The third kappa shape index (κ3) is 5.94. The van der Waals surface area contributed by atoms with Gasteiger partial charge in [0.15, 0.2) is 5.11 Å². The van der Waals surface area contributed by atoms with Crippen molar-refractivity contribution < 1.29 is 14.3 Å². The van der Waals surface area contributed by atoms with E-state index in [4.69, 9.17) is 28.6 Å². The second kappa shape index (κ2) is 9.34. The average Bonchev–Trinajstić information content (AvgIpc) is 2.61. The summed E-state index contributed by atoms with van der Waals surface area (Å²) in [5.74, 6) is -0.131. The van der Waals surface area contributed by atoms with Gasteiger partial charge in [-0.2, -0.15) is 0 Å². The number of thiocarbonyl (C=S) groups is 1. The van der Waals surface area contributed by atoms with Crippen molar-refractivity contribution in [2.75, 3.05) is 17.7 Å². The second-order valence-electron chi connectivity index (χ2n) is 5.98. The lowest BCUT2D eigenvalue weighted by atomic mass is 10.2. The topological polar surface area (TPSA) is 79.5 Å². The van der Waals surface area contributed by atoms with Crippen molar-refractivity contribution in [1.82, 2.24) is 5.32 Å². The standard InChI is InChI=1S/C19H20ClN3O3S/c1-11(2)17(24)21-13-5-4-6-14(10-13)22-19(27)23-18(25)12-7-8-16(26-3)15(20)9-12/h4-11H,1-3H3,(H,21,24)(H2,22,23,25,27). The fourth-order valence-corrected chi connectivity index (χ4v) is 2.57. The van der Waals surface area contributed by atoms with Gasteiger partial charge in [0.2, 0.25) is 5.91 Å². The molecule has 0 heterocycles. The molecule has 0 spiro atoms. The monoisotopic (exact) mass is 405 g/mol. The molecule has 0 aliphatic rings. The van der Waals surface area contributed by atoms with E-state index in [1.165, 1.54) is 13.2 Å². The highest BCUT2D eigenvalue weighted by atomic mass is 35.5. The lowest BCUT2D eigenvalue weighted by Gasteiger charge is -2.12. The van der Waals surface area contributed by atoms with Gasteiger partial charge in [-0.25, -0.2) is 0 Å². The lowest BCUT2D eigenvalue weighted by molar-refractivity contribution is -0.118. The Hall–Kier alpha value is -2.64. The number of hydrogen-bond acceptors (Lipinski definition) is 4. The molecule has 0 saturated heterocycles. The third-order valence-corrected chi connectivity index (χ3v) is 4.05. The second-order valence-corrected chi connectivity index (χ2v) is 6.80. The first-order valence-corrected chi connectivity index (χ1v) is 8.95. The van der Waals surface area contributed by atoms with Gasteiger partial charge >= 0.3 is 0 Å². The molecule has 27 heavy (non-hydrogen) atoms. The highest BCUT2D eigenvalue weighted by molar-refractivity contribution is 7.80. The Morgan fingerprint density at radius 2 is 1.74 bits per heavy atom. The minimum Gasteiger partial charge on any atom is -0.495 e. The summed E-state index contributed by atoms with van der Waals surface area (Å²) in [6.45, 7) is 3.63. The Morgan fingerprint density at radius 3 is 2.33 bits per heavy atom. The molecule has 2 rings (SSSR count). The highest BCUT2D eigenvalue weighted by Crippen LogP contribution is 2.24. The number of methoxy groups -OCH3 is 1. The summed E-state index contributed by atoms with van der Waals surface area (Å²) in [7, 11) is 1.50. The van der Waals surface area contributed by atoms with Crippen LogP contribution in [-0.2, 0) is 4.79 Å². The van der Waals surface area contributed by atoms with E-state index in [0.717, 1.165) is 0 Å². The first kappa shape index (κ1) is 20.7. The van der Waals surface area contributed by atoms with Gasteiger partial charge in [-0.3, -0.25) is 14.9 Å². The van der Waals surface area contributed by atoms with E-state index >= 15 is 0 Å². The van der Waals surface area contributed by atoms with Crippen molar-refractivity contribution >= 4 is 52.1 Å². The summed E-state index contributed by atoms with van der Waals surface area (Å²) in [6, 6.07) is 11.7. The lowest BCUT2D eigenvalue weighted by Crippen LogP contribution is -2.34. The molecule has 0 aromatic heterocycles. The van der Waals surface area contributed by atoms with Crippen molar-refractivity contribution in [1.29, 1.82) is 0 Å². The van der Waals surface area contributed by atoms with E-state index in [1.54, 1.807) is 36.4 Å². The SMILES string of the molecule is COc1ccc(C(=O)NC(=S)Nc2cccc(NC(=O)C(C)C)c2)cc1Cl. The maximum Gasteiger partial charge on any atom is 0.257 e. The minimum absolute atomic E-state index is 0.0839. The summed E-state index contributed by atoms with van der Waals surface area (Å²) >= 11 is 11.2. The molecule has 142 valence electrons. The van der Waals surface area contributed by atoms with Crippen molar-refractivity contribution in [3.63, 3.8) is 0 Å². The molecule has 0 atom stereocenters. The first-order valence-electron chi connectivity index (χ1n) is 8.17. The summed E-state index contributed by atoms with van der Waals surface area (Å²) in [5, 5.41) is 8.75. The quantitative estimate of drug-likeness (QED) is 0.653. The number of anilines is 2. The molecule has 2 aromatic carbocycles. The van der Waals surface area contributed by atoms with E-state index in [2.05, 4.69) is 16.0 Å². The van der Waals surface area contributed by atoms with Crippen LogP contribution < -0.4 is 20.7 Å². The molecular formula is C19H20ClN3O3S. The number of halogens is 1. The van der Waals surface area contributed by atoms with Crippen molar-refractivity contribution in [3.8, 4) is 5.75 Å². The molecule has 0 aliphatic heterocycles. The number of carbonyl (C=O) groups is 2. The first-order chi connectivity index (χ1) is 12.8. The average molecular weight is 406 g/mol. The van der Waals surface area contributed by atoms with E-state index in [1.807, 2.05) is 13.8 Å². The predicted molar refractivity (Wildman–Crippen MR) is 112 cm³/mol. The Morgan fingerprint density at radius 1 is 1.07 bits per heavy atom. The molecule has 8 heteroatoms. The number of carbonyl (C=O) groups excluding carboxylic acids is 2. The zero-order chi connectivity index (χ0) is 20.0. The van der Waals surface area contributed by atoms with Gasteiger partial charge in [0.25, 0.3) is 5.91 Å². The number of benzene rings is 2. The number of rotatable bonds is 5. The van der Waals surface area contributed by atoms with E-state index < -0.39 is 5.91 Å². The normalized spacial score (nSPS) is 10.3. The van der Waals surface area contributed by atoms with Gasteiger partial charge < -0.3 is 15.4 Å². The van der Waals surface area contributed by atoms with Gasteiger partial charge in [-0.1, -0.05) is 31.5 Å². The zero-order valence-corrected chi connectivity index (χ0v) is 16.7. The van der Waals surface area contributed by atoms with Gasteiger partial charge in [0, 0.05) is 22.9 Å². The Bertz CT molecular complexity index is 871. The van der Waals surface area contributed by atoms with Crippen LogP contribution in [0.15, 0.2) is 42.5 Å². The van der Waals surface area contributed by atoms with Crippen LogP contribution in [0.3, 0.4) is 0 Å². The van der Waals surface area contributed by atoms with Crippen LogP contribution >= 0.6 is 23.8 Å². The summed E-state index contributed by atoms with van der Waals surface area (Å²) < 4.78 is 5.06. The van der Waals surface area contributed by atoms with Crippen molar-refractivity contribution in [2.24, 2.45) is 5.92 Å². The summed E-state index contributed by atoms with van der Waals surface area (Å²) in [4.78, 5) is 24.1. The van der Waals surface area contributed by atoms with Crippen LogP contribution in [0.1, 0.15) is 24.2 Å². The van der Waals surface area contributed by atoms with Crippen LogP contribution in [0.5, 0.6) is 5.75 Å². The van der Waals surface area contributed by atoms with Crippen LogP contribution in [0.4, 0.5) is 11.4 Å². The van der Waals surface area contributed by atoms with E-state index in [-0.39, 0.29) is 16.9 Å².